The summed E-state index contributed by atoms with van der Waals surface area (Å²) in [5.41, 5.74) is 18.2. The number of carbonyl (C=O) groups is 1. The molecule has 5 N–H and O–H groups in total. The van der Waals surface area contributed by atoms with Crippen LogP contribution in [0.5, 0.6) is 0 Å². The molecule has 0 aromatic heterocycles. The van der Waals surface area contributed by atoms with Crippen molar-refractivity contribution >= 4 is 16.7 Å². The van der Waals surface area contributed by atoms with Gasteiger partial charge < -0.3 is 21.7 Å². The van der Waals surface area contributed by atoms with Gasteiger partial charge in [0.15, 0.2) is 0 Å². The molecule has 2 aliphatic rings. The number of rotatable bonds is 11. The largest absolute Gasteiger partial charge is 0.337 e. The van der Waals surface area contributed by atoms with E-state index >= 15 is 0 Å². The van der Waals surface area contributed by atoms with Crippen molar-refractivity contribution in [3.8, 4) is 0 Å². The lowest BCUT2D eigenvalue weighted by molar-refractivity contribution is -0.136. The summed E-state index contributed by atoms with van der Waals surface area (Å²) in [4.78, 5) is 18.4. The molecule has 5 rings (SSSR count). The molecular formula is C37H53N5O. The van der Waals surface area contributed by atoms with Crippen molar-refractivity contribution < 1.29 is 4.79 Å². The third kappa shape index (κ3) is 8.45. The van der Waals surface area contributed by atoms with Crippen molar-refractivity contribution in [3.63, 3.8) is 0 Å². The van der Waals surface area contributed by atoms with Gasteiger partial charge in [-0.1, -0.05) is 79.1 Å². The summed E-state index contributed by atoms with van der Waals surface area (Å²) >= 11 is 0. The van der Waals surface area contributed by atoms with E-state index in [-0.39, 0.29) is 24.0 Å². The number of nitrogens with one attached hydrogen (secondary N) is 1. The maximum Gasteiger partial charge on any atom is 0.227 e. The van der Waals surface area contributed by atoms with Gasteiger partial charge in [0.05, 0.1) is 6.42 Å². The number of hydrogen-bond acceptors (Lipinski definition) is 5. The van der Waals surface area contributed by atoms with Crippen LogP contribution in [0.4, 0.5) is 0 Å². The Balaban J connectivity index is 1.23. The Morgan fingerprint density at radius 3 is 2.58 bits per heavy atom. The van der Waals surface area contributed by atoms with Gasteiger partial charge in [0.25, 0.3) is 0 Å². The van der Waals surface area contributed by atoms with Crippen molar-refractivity contribution in [2.45, 2.75) is 102 Å². The van der Waals surface area contributed by atoms with Gasteiger partial charge in [-0.2, -0.15) is 0 Å². The van der Waals surface area contributed by atoms with Crippen molar-refractivity contribution in [1.29, 1.82) is 0 Å². The summed E-state index contributed by atoms with van der Waals surface area (Å²) in [7, 11) is 0. The summed E-state index contributed by atoms with van der Waals surface area (Å²) in [5, 5.41) is 6.15. The van der Waals surface area contributed by atoms with Crippen LogP contribution in [0.3, 0.4) is 0 Å². The smallest absolute Gasteiger partial charge is 0.227 e. The molecule has 1 heterocycles. The molecule has 6 nitrogen and oxygen atoms in total. The quantitative estimate of drug-likeness (QED) is 0.273. The average Bonchev–Trinajstić information content (AvgIpc) is 2.98. The highest BCUT2D eigenvalue weighted by Gasteiger charge is 2.34. The van der Waals surface area contributed by atoms with Gasteiger partial charge in [-0.15, -0.1) is 0 Å². The highest BCUT2D eigenvalue weighted by molar-refractivity contribution is 5.85. The molecule has 0 bridgehead atoms. The van der Waals surface area contributed by atoms with Crippen molar-refractivity contribution in [2.24, 2.45) is 11.5 Å². The highest BCUT2D eigenvalue weighted by atomic mass is 16.2. The molecule has 3 aromatic carbocycles. The fourth-order valence-electron chi connectivity index (χ4n) is 7.34. The molecular weight excluding hydrogens is 530 g/mol. The number of nitrogens with two attached hydrogens (primary N) is 2. The zero-order valence-corrected chi connectivity index (χ0v) is 26.6. The number of benzene rings is 3. The van der Waals surface area contributed by atoms with Gasteiger partial charge in [0.1, 0.15) is 0 Å². The predicted octanol–water partition coefficient (Wildman–Crippen LogP) is 5.11. The summed E-state index contributed by atoms with van der Waals surface area (Å²) < 4.78 is 0. The minimum Gasteiger partial charge on any atom is -0.337 e. The molecule has 2 fully saturated rings. The molecule has 232 valence electrons. The molecule has 6 heteroatoms. The van der Waals surface area contributed by atoms with E-state index in [2.05, 4.69) is 96.6 Å². The topological polar surface area (TPSA) is 87.6 Å². The molecule has 1 saturated carbocycles. The second-order valence-electron chi connectivity index (χ2n) is 13.4. The van der Waals surface area contributed by atoms with E-state index < -0.39 is 0 Å². The van der Waals surface area contributed by atoms with E-state index in [0.29, 0.717) is 18.5 Å². The Bertz CT molecular complexity index is 1360. The van der Waals surface area contributed by atoms with E-state index in [0.717, 1.165) is 57.4 Å². The molecule has 0 radical (unpaired) electrons. The van der Waals surface area contributed by atoms with E-state index in [4.69, 9.17) is 11.5 Å². The SMILES string of the molecule is Cc1ccc(C[C@@H](N)CN2C[C@@H](C)N(C(=O)Cc3ccc4ccccc4c3)C[C@@H]2CCCNC2CCCCC2N)c(C)c1. The first kappa shape index (κ1) is 31.6. The number of carbonyl (C=O) groups excluding carboxylic acids is 1. The lowest BCUT2D eigenvalue weighted by Crippen LogP contribution is -2.61. The molecule has 3 aromatic rings. The van der Waals surface area contributed by atoms with E-state index in [9.17, 15) is 4.79 Å². The fourth-order valence-corrected chi connectivity index (χ4v) is 7.34. The molecule has 1 aliphatic carbocycles. The predicted molar refractivity (Wildman–Crippen MR) is 179 cm³/mol. The Kier molecular flexibility index (Phi) is 10.9. The van der Waals surface area contributed by atoms with Crippen molar-refractivity contribution in [2.75, 3.05) is 26.2 Å². The fraction of sp³-hybridized carbons (Fsp3) is 0.541. The molecule has 1 amide bonds. The highest BCUT2D eigenvalue weighted by Crippen LogP contribution is 2.23. The van der Waals surface area contributed by atoms with Crippen LogP contribution < -0.4 is 16.8 Å². The average molecular weight is 584 g/mol. The summed E-state index contributed by atoms with van der Waals surface area (Å²) in [6.45, 7) is 9.95. The van der Waals surface area contributed by atoms with Crippen LogP contribution in [0, 0.1) is 13.8 Å². The summed E-state index contributed by atoms with van der Waals surface area (Å²) in [5.74, 6) is 0.221. The first-order valence-electron chi connectivity index (χ1n) is 16.6. The second kappa shape index (κ2) is 14.8. The number of amides is 1. The van der Waals surface area contributed by atoms with Gasteiger partial charge in [-0.05, 0) is 86.9 Å². The van der Waals surface area contributed by atoms with Crippen molar-refractivity contribution in [3.05, 3.63) is 82.9 Å². The Hall–Kier alpha value is -2.77. The molecule has 2 unspecified atom stereocenters. The Morgan fingerprint density at radius 2 is 1.79 bits per heavy atom. The lowest BCUT2D eigenvalue weighted by atomic mass is 9.91. The van der Waals surface area contributed by atoms with Crippen LogP contribution in [0.1, 0.15) is 67.7 Å². The number of nitrogens with zero attached hydrogens (tertiary/aromatic N) is 2. The number of hydrogen-bond donors (Lipinski definition) is 3. The van der Waals surface area contributed by atoms with Crippen LogP contribution in [-0.4, -0.2) is 72.1 Å². The van der Waals surface area contributed by atoms with Gasteiger partial charge in [-0.25, -0.2) is 0 Å². The third-order valence-corrected chi connectivity index (χ3v) is 9.83. The Morgan fingerprint density at radius 1 is 1.00 bits per heavy atom. The van der Waals surface area contributed by atoms with E-state index in [1.54, 1.807) is 0 Å². The number of aryl methyl sites for hydroxylation is 2. The molecule has 0 spiro atoms. The minimum atomic E-state index is 0.0503. The molecule has 1 aliphatic heterocycles. The Labute approximate surface area is 259 Å². The summed E-state index contributed by atoms with van der Waals surface area (Å²) in [6.07, 6.45) is 8.24. The number of piperazine rings is 1. The maximum atomic E-state index is 13.7. The van der Waals surface area contributed by atoms with E-state index in [1.165, 1.54) is 46.7 Å². The van der Waals surface area contributed by atoms with Gasteiger partial charge in [0, 0.05) is 49.8 Å². The van der Waals surface area contributed by atoms with Crippen molar-refractivity contribution in [1.82, 2.24) is 15.1 Å². The van der Waals surface area contributed by atoms with Crippen LogP contribution in [0.15, 0.2) is 60.7 Å². The normalized spacial score (nSPS) is 23.9. The van der Waals surface area contributed by atoms with Crippen LogP contribution in [-0.2, 0) is 17.6 Å². The first-order valence-corrected chi connectivity index (χ1v) is 16.6. The first-order chi connectivity index (χ1) is 20.8. The standard InChI is InChI=1S/C37H53N5O/c1-26-14-16-31(27(2)19-26)22-33(38)24-41-23-28(3)42(25-34(41)11-8-18-40-36-13-7-6-12-35(36)39)37(43)21-29-15-17-30-9-4-5-10-32(30)20-29/h4-5,9-10,14-17,19-20,28,33-36,40H,6-8,11-13,18,21-25,38-39H2,1-3H3/t28-,33-,34+,35?,36?/m1/s1. The maximum absolute atomic E-state index is 13.7. The third-order valence-electron chi connectivity index (χ3n) is 9.83. The van der Waals surface area contributed by atoms with E-state index in [1.807, 2.05) is 0 Å². The summed E-state index contributed by atoms with van der Waals surface area (Å²) in [6, 6.07) is 22.6. The molecule has 43 heavy (non-hydrogen) atoms. The van der Waals surface area contributed by atoms with Gasteiger partial charge in [0.2, 0.25) is 5.91 Å². The monoisotopic (exact) mass is 583 g/mol. The second-order valence-corrected chi connectivity index (χ2v) is 13.4. The number of fused-ring (bicyclic) bond motifs is 1. The molecule has 5 atom stereocenters. The van der Waals surface area contributed by atoms with Gasteiger partial charge >= 0.3 is 0 Å². The van der Waals surface area contributed by atoms with Crippen LogP contribution in [0.2, 0.25) is 0 Å². The van der Waals surface area contributed by atoms with Crippen LogP contribution >= 0.6 is 0 Å². The zero-order chi connectivity index (χ0) is 30.3. The van der Waals surface area contributed by atoms with Gasteiger partial charge in [-0.3, -0.25) is 9.69 Å². The zero-order valence-electron chi connectivity index (χ0n) is 26.6. The minimum absolute atomic E-state index is 0.0503. The van der Waals surface area contributed by atoms with Crippen LogP contribution in [0.25, 0.3) is 10.8 Å². The molecule has 1 saturated heterocycles. The lowest BCUT2D eigenvalue weighted by Gasteiger charge is -2.46.